The molecule has 0 aromatic heterocycles. The summed E-state index contributed by atoms with van der Waals surface area (Å²) in [6.07, 6.45) is 1.19. The van der Waals surface area contributed by atoms with E-state index in [9.17, 15) is 19.7 Å². The van der Waals surface area contributed by atoms with Gasteiger partial charge in [0.1, 0.15) is 17.5 Å². The van der Waals surface area contributed by atoms with Crippen molar-refractivity contribution >= 4 is 17.5 Å². The predicted octanol–water partition coefficient (Wildman–Crippen LogP) is 3.32. The van der Waals surface area contributed by atoms with Crippen LogP contribution >= 0.6 is 0 Å². The lowest BCUT2D eigenvalue weighted by Crippen LogP contribution is -2.50. The second kappa shape index (κ2) is 13.0. The van der Waals surface area contributed by atoms with E-state index >= 15 is 0 Å². The lowest BCUT2D eigenvalue weighted by molar-refractivity contribution is -0.385. The highest BCUT2D eigenvalue weighted by atomic mass is 16.6. The Morgan fingerprint density at radius 3 is 2.47 bits per heavy atom. The molecule has 0 aliphatic heterocycles. The third-order valence-corrected chi connectivity index (χ3v) is 5.13. The molecule has 10 nitrogen and oxygen atoms in total. The van der Waals surface area contributed by atoms with Gasteiger partial charge in [-0.3, -0.25) is 19.7 Å². The summed E-state index contributed by atoms with van der Waals surface area (Å²) in [4.78, 5) is 38.0. The van der Waals surface area contributed by atoms with Gasteiger partial charge in [0.2, 0.25) is 11.7 Å². The Labute approximate surface area is 198 Å². The van der Waals surface area contributed by atoms with Gasteiger partial charge in [-0.15, -0.1) is 0 Å². The van der Waals surface area contributed by atoms with Crippen molar-refractivity contribution in [2.24, 2.45) is 0 Å². The van der Waals surface area contributed by atoms with Gasteiger partial charge in [-0.25, -0.2) is 0 Å². The van der Waals surface area contributed by atoms with Gasteiger partial charge in [-0.1, -0.05) is 26.0 Å². The molecule has 10 heteroatoms. The van der Waals surface area contributed by atoms with E-state index < -0.39 is 16.9 Å². The standard InChI is InChI=1S/C24H31N3O7/c1-5-12-25-24(29)20(6-2)26(15-17-8-7-9-18(13-17)32-3)23(28)16-34-19-10-11-21(27(30)31)22(14-19)33-4/h7-11,13-14,20H,5-6,12,15-16H2,1-4H3,(H,25,29). The van der Waals surface area contributed by atoms with E-state index in [1.54, 1.807) is 19.2 Å². The fourth-order valence-electron chi connectivity index (χ4n) is 3.38. The lowest BCUT2D eigenvalue weighted by atomic mass is 10.1. The maximum absolute atomic E-state index is 13.2. The van der Waals surface area contributed by atoms with Gasteiger partial charge >= 0.3 is 5.69 Å². The van der Waals surface area contributed by atoms with Crippen LogP contribution in [-0.2, 0) is 16.1 Å². The van der Waals surface area contributed by atoms with Crippen molar-refractivity contribution in [1.82, 2.24) is 10.2 Å². The van der Waals surface area contributed by atoms with Gasteiger partial charge in [-0.2, -0.15) is 0 Å². The lowest BCUT2D eigenvalue weighted by Gasteiger charge is -2.30. The zero-order valence-electron chi connectivity index (χ0n) is 19.9. The van der Waals surface area contributed by atoms with Crippen LogP contribution in [0.3, 0.4) is 0 Å². The Morgan fingerprint density at radius 2 is 1.85 bits per heavy atom. The third-order valence-electron chi connectivity index (χ3n) is 5.13. The number of hydrogen-bond donors (Lipinski definition) is 1. The van der Waals surface area contributed by atoms with Crippen molar-refractivity contribution in [2.45, 2.75) is 39.3 Å². The summed E-state index contributed by atoms with van der Waals surface area (Å²) in [6, 6.07) is 10.6. The highest BCUT2D eigenvalue weighted by molar-refractivity contribution is 5.88. The minimum Gasteiger partial charge on any atom is -0.497 e. The van der Waals surface area contributed by atoms with Crippen molar-refractivity contribution in [2.75, 3.05) is 27.4 Å². The SMILES string of the molecule is CCCNC(=O)C(CC)N(Cc1cccc(OC)c1)C(=O)COc1ccc([N+](=O)[O-])c(OC)c1. The number of benzene rings is 2. The Hall–Kier alpha value is -3.82. The first-order chi connectivity index (χ1) is 16.3. The molecule has 2 aromatic rings. The maximum Gasteiger partial charge on any atom is 0.311 e. The van der Waals surface area contributed by atoms with Crippen LogP contribution in [0.1, 0.15) is 32.3 Å². The van der Waals surface area contributed by atoms with Gasteiger partial charge in [0.25, 0.3) is 5.91 Å². The molecule has 0 heterocycles. The monoisotopic (exact) mass is 473 g/mol. The molecule has 34 heavy (non-hydrogen) atoms. The van der Waals surface area contributed by atoms with Gasteiger partial charge in [-0.05, 0) is 36.6 Å². The fourth-order valence-corrected chi connectivity index (χ4v) is 3.38. The van der Waals surface area contributed by atoms with Gasteiger partial charge < -0.3 is 24.4 Å². The molecular weight excluding hydrogens is 442 g/mol. The summed E-state index contributed by atoms with van der Waals surface area (Å²) in [5, 5.41) is 13.9. The normalized spacial score (nSPS) is 11.3. The minimum atomic E-state index is -0.694. The van der Waals surface area contributed by atoms with Crippen LogP contribution in [0.5, 0.6) is 17.2 Å². The number of nitro groups is 1. The second-order valence-electron chi connectivity index (χ2n) is 7.47. The number of carbonyl (C=O) groups excluding carboxylic acids is 2. The molecule has 0 radical (unpaired) electrons. The maximum atomic E-state index is 13.2. The molecule has 1 N–H and O–H groups in total. The summed E-state index contributed by atoms with van der Waals surface area (Å²) in [6.45, 7) is 4.12. The predicted molar refractivity (Wildman–Crippen MR) is 126 cm³/mol. The van der Waals surface area contributed by atoms with Crippen LogP contribution in [0.15, 0.2) is 42.5 Å². The molecule has 2 aromatic carbocycles. The zero-order valence-corrected chi connectivity index (χ0v) is 19.9. The van der Waals surface area contributed by atoms with Crippen LogP contribution in [0.2, 0.25) is 0 Å². The smallest absolute Gasteiger partial charge is 0.311 e. The van der Waals surface area contributed by atoms with Crippen LogP contribution in [-0.4, -0.2) is 55.1 Å². The molecule has 2 amide bonds. The molecule has 0 bridgehead atoms. The van der Waals surface area contributed by atoms with Crippen molar-refractivity contribution in [1.29, 1.82) is 0 Å². The molecule has 0 saturated heterocycles. The van der Waals surface area contributed by atoms with E-state index in [0.717, 1.165) is 12.0 Å². The van der Waals surface area contributed by atoms with Crippen LogP contribution in [0.25, 0.3) is 0 Å². The minimum absolute atomic E-state index is 0.0218. The molecule has 0 fully saturated rings. The van der Waals surface area contributed by atoms with Gasteiger partial charge in [0.05, 0.1) is 19.1 Å². The molecular formula is C24H31N3O7. The van der Waals surface area contributed by atoms with Crippen LogP contribution in [0, 0.1) is 10.1 Å². The Morgan fingerprint density at radius 1 is 1.09 bits per heavy atom. The zero-order chi connectivity index (χ0) is 25.1. The Kier molecular flexibility index (Phi) is 10.1. The third kappa shape index (κ3) is 7.09. The number of rotatable bonds is 13. The number of ether oxygens (including phenoxy) is 3. The topological polar surface area (TPSA) is 120 Å². The quantitative estimate of drug-likeness (QED) is 0.350. The summed E-state index contributed by atoms with van der Waals surface area (Å²) in [7, 11) is 2.87. The first kappa shape index (κ1) is 26.4. The summed E-state index contributed by atoms with van der Waals surface area (Å²) in [5.74, 6) is 0.257. The summed E-state index contributed by atoms with van der Waals surface area (Å²) < 4.78 is 15.9. The largest absolute Gasteiger partial charge is 0.497 e. The number of hydrogen-bond acceptors (Lipinski definition) is 7. The van der Waals surface area contributed by atoms with E-state index in [2.05, 4.69) is 5.32 Å². The van der Waals surface area contributed by atoms with Gasteiger partial charge in [0, 0.05) is 25.2 Å². The average molecular weight is 474 g/mol. The number of nitrogens with one attached hydrogen (secondary N) is 1. The van der Waals surface area contributed by atoms with E-state index in [0.29, 0.717) is 18.7 Å². The highest BCUT2D eigenvalue weighted by Gasteiger charge is 2.29. The number of nitro benzene ring substituents is 1. The summed E-state index contributed by atoms with van der Waals surface area (Å²) in [5.41, 5.74) is 0.589. The first-order valence-electron chi connectivity index (χ1n) is 11.0. The number of methoxy groups -OCH3 is 2. The molecule has 184 valence electrons. The number of carbonyl (C=O) groups is 2. The molecule has 0 aliphatic rings. The van der Waals surface area contributed by atoms with E-state index in [-0.39, 0.29) is 36.2 Å². The van der Waals surface area contributed by atoms with Crippen LogP contribution < -0.4 is 19.5 Å². The Balaban J connectivity index is 2.25. The molecule has 2 rings (SSSR count). The molecule has 0 aliphatic carbocycles. The summed E-state index contributed by atoms with van der Waals surface area (Å²) >= 11 is 0. The van der Waals surface area contributed by atoms with E-state index in [1.807, 2.05) is 26.0 Å². The number of amides is 2. The molecule has 0 saturated carbocycles. The highest BCUT2D eigenvalue weighted by Crippen LogP contribution is 2.30. The first-order valence-corrected chi connectivity index (χ1v) is 11.0. The van der Waals surface area contributed by atoms with E-state index in [1.165, 1.54) is 30.2 Å². The molecule has 1 unspecified atom stereocenters. The van der Waals surface area contributed by atoms with Crippen molar-refractivity contribution in [3.8, 4) is 17.2 Å². The van der Waals surface area contributed by atoms with E-state index in [4.69, 9.17) is 14.2 Å². The van der Waals surface area contributed by atoms with Crippen LogP contribution in [0.4, 0.5) is 5.69 Å². The molecule has 1 atom stereocenters. The fraction of sp³-hybridized carbons (Fsp3) is 0.417. The van der Waals surface area contributed by atoms with Crippen molar-refractivity contribution in [3.05, 3.63) is 58.1 Å². The average Bonchev–Trinajstić information content (AvgIpc) is 2.85. The van der Waals surface area contributed by atoms with Gasteiger partial charge in [0.15, 0.2) is 6.61 Å². The molecule has 0 spiro atoms. The number of nitrogens with zero attached hydrogens (tertiary/aromatic N) is 2. The second-order valence-corrected chi connectivity index (χ2v) is 7.47. The Bertz CT molecular complexity index is 996. The van der Waals surface area contributed by atoms with Crippen molar-refractivity contribution < 1.29 is 28.7 Å². The van der Waals surface area contributed by atoms with Crippen molar-refractivity contribution in [3.63, 3.8) is 0 Å².